The van der Waals surface area contributed by atoms with Crippen molar-refractivity contribution >= 4 is 79.7 Å². The fraction of sp³-hybridized carbons (Fsp3) is 0.176. The van der Waals surface area contributed by atoms with Gasteiger partial charge in [0.05, 0.1) is 5.69 Å². The van der Waals surface area contributed by atoms with Crippen LogP contribution in [0.1, 0.15) is 15.9 Å². The highest BCUT2D eigenvalue weighted by atomic mass is 79.9. The molecule has 1 amide bonds. The van der Waals surface area contributed by atoms with Crippen LogP contribution >= 0.6 is 63.0 Å². The standard InChI is InChI=1S/C17H15BrCl3N3OS/c1-10-6-2-3-7-11(10)14(25)23-15(17(19,20)21)24-16(26)22-13-9-5-4-8-12(13)18/h2-9,15H,1H3,(H,23,25)(H2,22,24,26)/t15-/m1/s1. The first-order valence-corrected chi connectivity index (χ1v) is 9.77. The van der Waals surface area contributed by atoms with E-state index in [-0.39, 0.29) is 11.0 Å². The number of aryl methyl sites for hydroxylation is 1. The molecule has 26 heavy (non-hydrogen) atoms. The maximum absolute atomic E-state index is 12.5. The average molecular weight is 496 g/mol. The Balaban J connectivity index is 2.10. The summed E-state index contributed by atoms with van der Waals surface area (Å²) < 4.78 is -1.00. The molecule has 2 aromatic carbocycles. The van der Waals surface area contributed by atoms with Crippen LogP contribution < -0.4 is 16.0 Å². The van der Waals surface area contributed by atoms with Crippen molar-refractivity contribution in [3.8, 4) is 0 Å². The van der Waals surface area contributed by atoms with Crippen molar-refractivity contribution in [2.24, 2.45) is 0 Å². The van der Waals surface area contributed by atoms with E-state index in [0.717, 1.165) is 15.7 Å². The van der Waals surface area contributed by atoms with Gasteiger partial charge in [-0.2, -0.15) is 0 Å². The normalized spacial score (nSPS) is 12.2. The van der Waals surface area contributed by atoms with Gasteiger partial charge in [-0.1, -0.05) is 65.1 Å². The number of hydrogen-bond acceptors (Lipinski definition) is 2. The largest absolute Gasteiger partial charge is 0.339 e. The smallest absolute Gasteiger partial charge is 0.253 e. The summed E-state index contributed by atoms with van der Waals surface area (Å²) in [5.74, 6) is -0.379. The molecule has 0 radical (unpaired) electrons. The number of carbonyl (C=O) groups is 1. The molecule has 0 fully saturated rings. The Morgan fingerprint density at radius 3 is 2.31 bits per heavy atom. The van der Waals surface area contributed by atoms with Crippen molar-refractivity contribution < 1.29 is 4.79 Å². The highest BCUT2D eigenvalue weighted by molar-refractivity contribution is 9.10. The van der Waals surface area contributed by atoms with E-state index in [1.165, 1.54) is 0 Å². The Hall–Kier alpha value is -1.05. The van der Waals surface area contributed by atoms with Crippen molar-refractivity contribution in [2.75, 3.05) is 5.32 Å². The molecule has 0 aromatic heterocycles. The summed E-state index contributed by atoms with van der Waals surface area (Å²) in [5.41, 5.74) is 2.03. The van der Waals surface area contributed by atoms with E-state index in [4.69, 9.17) is 47.0 Å². The fourth-order valence-electron chi connectivity index (χ4n) is 2.09. The second-order valence-corrected chi connectivity index (χ2v) is 8.97. The molecular formula is C17H15BrCl3N3OS. The lowest BCUT2D eigenvalue weighted by Gasteiger charge is -2.28. The molecule has 0 unspecified atom stereocenters. The topological polar surface area (TPSA) is 53.2 Å². The number of benzene rings is 2. The van der Waals surface area contributed by atoms with Crippen molar-refractivity contribution in [1.82, 2.24) is 10.6 Å². The minimum atomic E-state index is -1.82. The molecule has 0 saturated heterocycles. The predicted octanol–water partition coefficient (Wildman–Crippen LogP) is 5.17. The molecule has 0 aliphatic heterocycles. The number of thiocarbonyl (C=S) groups is 1. The first-order valence-electron chi connectivity index (χ1n) is 7.43. The Morgan fingerprint density at radius 1 is 1.08 bits per heavy atom. The summed E-state index contributed by atoms with van der Waals surface area (Å²) in [7, 11) is 0. The molecule has 2 rings (SSSR count). The zero-order valence-corrected chi connectivity index (χ0v) is 18.2. The number of rotatable bonds is 4. The van der Waals surface area contributed by atoms with E-state index in [0.29, 0.717) is 5.56 Å². The molecule has 0 spiro atoms. The number of amides is 1. The maximum atomic E-state index is 12.5. The van der Waals surface area contributed by atoms with E-state index < -0.39 is 9.96 Å². The van der Waals surface area contributed by atoms with Crippen LogP contribution in [0.25, 0.3) is 0 Å². The number of alkyl halides is 3. The second-order valence-electron chi connectivity index (χ2n) is 5.34. The number of hydrogen-bond donors (Lipinski definition) is 3. The summed E-state index contributed by atoms with van der Waals surface area (Å²) >= 11 is 26.7. The molecule has 0 bridgehead atoms. The van der Waals surface area contributed by atoms with E-state index in [9.17, 15) is 4.79 Å². The Labute approximate surface area is 180 Å². The minimum Gasteiger partial charge on any atom is -0.339 e. The van der Waals surface area contributed by atoms with Crippen molar-refractivity contribution in [3.05, 3.63) is 64.1 Å². The first-order chi connectivity index (χ1) is 12.2. The average Bonchev–Trinajstić information content (AvgIpc) is 2.56. The molecule has 0 heterocycles. The first kappa shape index (κ1) is 21.3. The van der Waals surface area contributed by atoms with Crippen LogP contribution in [-0.2, 0) is 0 Å². The molecule has 0 aliphatic rings. The van der Waals surface area contributed by atoms with Crippen LogP contribution in [-0.4, -0.2) is 21.0 Å². The van der Waals surface area contributed by atoms with Gasteiger partial charge in [-0.3, -0.25) is 4.79 Å². The molecule has 2 aromatic rings. The SMILES string of the molecule is Cc1ccccc1C(=O)N[C@H](NC(=S)Nc1ccccc1Br)C(Cl)(Cl)Cl. The van der Waals surface area contributed by atoms with Gasteiger partial charge in [0.2, 0.25) is 3.79 Å². The molecule has 138 valence electrons. The Bertz CT molecular complexity index is 814. The van der Waals surface area contributed by atoms with Crippen molar-refractivity contribution in [2.45, 2.75) is 16.9 Å². The van der Waals surface area contributed by atoms with Crippen LogP contribution in [0.3, 0.4) is 0 Å². The van der Waals surface area contributed by atoms with E-state index in [2.05, 4.69) is 31.9 Å². The summed E-state index contributed by atoms with van der Waals surface area (Å²) in [4.78, 5) is 12.5. The zero-order valence-electron chi connectivity index (χ0n) is 13.5. The van der Waals surface area contributed by atoms with Crippen LogP contribution in [0.15, 0.2) is 53.0 Å². The molecule has 9 heteroatoms. The third-order valence-electron chi connectivity index (χ3n) is 3.39. The molecule has 0 saturated carbocycles. The molecular weight excluding hydrogens is 481 g/mol. The van der Waals surface area contributed by atoms with Gasteiger partial charge in [-0.05, 0) is 58.8 Å². The molecule has 1 atom stereocenters. The monoisotopic (exact) mass is 493 g/mol. The molecule has 0 aliphatic carbocycles. The lowest BCUT2D eigenvalue weighted by Crippen LogP contribution is -2.56. The van der Waals surface area contributed by atoms with Gasteiger partial charge in [-0.15, -0.1) is 0 Å². The predicted molar refractivity (Wildman–Crippen MR) is 116 cm³/mol. The lowest BCUT2D eigenvalue weighted by atomic mass is 10.1. The van der Waals surface area contributed by atoms with Crippen LogP contribution in [0.4, 0.5) is 5.69 Å². The Kier molecular flexibility index (Phi) is 7.55. The van der Waals surface area contributed by atoms with Crippen LogP contribution in [0.5, 0.6) is 0 Å². The maximum Gasteiger partial charge on any atom is 0.253 e. The quantitative estimate of drug-likeness (QED) is 0.311. The summed E-state index contributed by atoms with van der Waals surface area (Å²) in [5, 5.41) is 8.66. The number of nitrogens with one attached hydrogen (secondary N) is 3. The van der Waals surface area contributed by atoms with Gasteiger partial charge in [0.1, 0.15) is 6.17 Å². The molecule has 4 nitrogen and oxygen atoms in total. The lowest BCUT2D eigenvalue weighted by molar-refractivity contribution is 0.0934. The summed E-state index contributed by atoms with van der Waals surface area (Å²) in [6.07, 6.45) is -1.04. The van der Waals surface area contributed by atoms with Crippen LogP contribution in [0.2, 0.25) is 0 Å². The summed E-state index contributed by atoms with van der Waals surface area (Å²) in [6, 6.07) is 14.5. The van der Waals surface area contributed by atoms with Crippen molar-refractivity contribution in [1.29, 1.82) is 0 Å². The zero-order chi connectivity index (χ0) is 19.3. The summed E-state index contributed by atoms with van der Waals surface area (Å²) in [6.45, 7) is 1.83. The van der Waals surface area contributed by atoms with Crippen LogP contribution in [0, 0.1) is 6.92 Å². The molecule has 3 N–H and O–H groups in total. The third kappa shape index (κ3) is 5.99. The Morgan fingerprint density at radius 2 is 1.69 bits per heavy atom. The second kappa shape index (κ2) is 9.24. The minimum absolute atomic E-state index is 0.193. The number of halogens is 4. The van der Waals surface area contributed by atoms with Crippen molar-refractivity contribution in [3.63, 3.8) is 0 Å². The number of carbonyl (C=O) groups excluding carboxylic acids is 1. The van der Waals surface area contributed by atoms with Gasteiger partial charge < -0.3 is 16.0 Å². The van der Waals surface area contributed by atoms with Gasteiger partial charge in [-0.25, -0.2) is 0 Å². The van der Waals surface area contributed by atoms with E-state index in [1.807, 2.05) is 43.3 Å². The van der Waals surface area contributed by atoms with E-state index >= 15 is 0 Å². The number of para-hydroxylation sites is 1. The fourth-order valence-corrected chi connectivity index (χ4v) is 3.03. The number of anilines is 1. The van der Waals surface area contributed by atoms with Gasteiger partial charge >= 0.3 is 0 Å². The van der Waals surface area contributed by atoms with E-state index in [1.54, 1.807) is 12.1 Å². The highest BCUT2D eigenvalue weighted by Crippen LogP contribution is 2.29. The van der Waals surface area contributed by atoms with Gasteiger partial charge in [0.25, 0.3) is 5.91 Å². The van der Waals surface area contributed by atoms with Gasteiger partial charge in [0, 0.05) is 10.0 Å². The highest BCUT2D eigenvalue weighted by Gasteiger charge is 2.35. The third-order valence-corrected chi connectivity index (χ3v) is 4.96. The van der Waals surface area contributed by atoms with Gasteiger partial charge in [0.15, 0.2) is 5.11 Å².